The zero-order valence-corrected chi connectivity index (χ0v) is 20.5. The van der Waals surface area contributed by atoms with Gasteiger partial charge in [-0.05, 0) is 52.8 Å². The molecule has 0 radical (unpaired) electrons. The minimum Gasteiger partial charge on any atom is -0.482 e. The molecule has 0 spiro atoms. The van der Waals surface area contributed by atoms with Crippen molar-refractivity contribution in [3.8, 4) is 5.75 Å². The number of benzene rings is 1. The number of ether oxygens (including phenoxy) is 4. The molecular formula is C23H28BrNO7. The minimum absolute atomic E-state index is 0.171. The van der Waals surface area contributed by atoms with Crippen LogP contribution in [-0.4, -0.2) is 44.3 Å². The molecule has 0 atom stereocenters. The molecule has 0 bridgehead atoms. The molecule has 2 rings (SSSR count). The van der Waals surface area contributed by atoms with Gasteiger partial charge >= 0.3 is 17.9 Å². The lowest BCUT2D eigenvalue weighted by atomic mass is 9.80. The summed E-state index contributed by atoms with van der Waals surface area (Å²) in [4.78, 5) is 37.8. The summed E-state index contributed by atoms with van der Waals surface area (Å²) in [6.07, 6.45) is 0. The van der Waals surface area contributed by atoms with Gasteiger partial charge in [-0.2, -0.15) is 0 Å². The van der Waals surface area contributed by atoms with Crippen LogP contribution in [0.15, 0.2) is 45.2 Å². The summed E-state index contributed by atoms with van der Waals surface area (Å²) >= 11 is 3.45. The van der Waals surface area contributed by atoms with E-state index in [0.717, 1.165) is 0 Å². The van der Waals surface area contributed by atoms with Crippen LogP contribution >= 0.6 is 15.9 Å². The van der Waals surface area contributed by atoms with Crippen LogP contribution in [0.2, 0.25) is 0 Å². The molecule has 1 aliphatic rings. The summed E-state index contributed by atoms with van der Waals surface area (Å²) in [5.74, 6) is -2.15. The maximum atomic E-state index is 13.0. The van der Waals surface area contributed by atoms with E-state index in [0.29, 0.717) is 27.2 Å². The SMILES string of the molecule is CCOC(=O)COc1ccc(Br)cc1C1C(C(=O)OCC)=C(C)NC(C)=C1C(=O)OCC. The molecule has 9 heteroatoms. The third-order valence-electron chi connectivity index (χ3n) is 4.68. The number of esters is 3. The molecule has 0 aliphatic carbocycles. The van der Waals surface area contributed by atoms with Gasteiger partial charge in [-0.3, -0.25) is 0 Å². The molecule has 1 heterocycles. The molecule has 174 valence electrons. The Hall–Kier alpha value is -2.81. The normalized spacial score (nSPS) is 14.1. The molecule has 32 heavy (non-hydrogen) atoms. The van der Waals surface area contributed by atoms with Crippen molar-refractivity contribution in [1.82, 2.24) is 5.32 Å². The van der Waals surface area contributed by atoms with Crippen LogP contribution in [0.3, 0.4) is 0 Å². The smallest absolute Gasteiger partial charge is 0.344 e. The van der Waals surface area contributed by atoms with Crippen molar-refractivity contribution in [2.45, 2.75) is 40.5 Å². The first kappa shape index (κ1) is 25.5. The standard InChI is InChI=1S/C23H28BrNO7/c1-6-29-18(26)12-32-17-10-9-15(24)11-16(17)21-19(22(27)30-7-2)13(4)25-14(5)20(21)23(28)31-8-3/h9-11,21,25H,6-8,12H2,1-5H3. The Labute approximate surface area is 196 Å². The quantitative estimate of drug-likeness (QED) is 0.396. The van der Waals surface area contributed by atoms with Gasteiger partial charge in [0.05, 0.1) is 36.9 Å². The van der Waals surface area contributed by atoms with Gasteiger partial charge in [0, 0.05) is 21.4 Å². The van der Waals surface area contributed by atoms with Gasteiger partial charge in [0.2, 0.25) is 0 Å². The number of nitrogens with one attached hydrogen (secondary N) is 1. The highest BCUT2D eigenvalue weighted by atomic mass is 79.9. The average molecular weight is 510 g/mol. The van der Waals surface area contributed by atoms with Crippen LogP contribution in [-0.2, 0) is 28.6 Å². The molecule has 1 aromatic rings. The number of halogens is 1. The van der Waals surface area contributed by atoms with Crippen molar-refractivity contribution >= 4 is 33.8 Å². The monoisotopic (exact) mass is 509 g/mol. The van der Waals surface area contributed by atoms with Gasteiger partial charge in [0.25, 0.3) is 0 Å². The Morgan fingerprint density at radius 1 is 0.906 bits per heavy atom. The number of dihydropyridines is 1. The molecule has 0 amide bonds. The highest BCUT2D eigenvalue weighted by Crippen LogP contribution is 2.43. The van der Waals surface area contributed by atoms with Crippen LogP contribution in [0.1, 0.15) is 46.1 Å². The van der Waals surface area contributed by atoms with Crippen molar-refractivity contribution in [3.63, 3.8) is 0 Å². The highest BCUT2D eigenvalue weighted by molar-refractivity contribution is 9.10. The zero-order valence-electron chi connectivity index (χ0n) is 18.9. The second-order valence-corrected chi connectivity index (χ2v) is 7.77. The number of allylic oxidation sites excluding steroid dienone is 2. The van der Waals surface area contributed by atoms with E-state index in [1.54, 1.807) is 52.8 Å². The summed E-state index contributed by atoms with van der Waals surface area (Å²) in [7, 11) is 0. The van der Waals surface area contributed by atoms with E-state index in [4.69, 9.17) is 18.9 Å². The minimum atomic E-state index is -0.830. The lowest BCUT2D eigenvalue weighted by Crippen LogP contribution is -2.33. The summed E-state index contributed by atoms with van der Waals surface area (Å²) < 4.78 is 22.0. The molecule has 1 N–H and O–H groups in total. The van der Waals surface area contributed by atoms with Crippen LogP contribution in [0.25, 0.3) is 0 Å². The Morgan fingerprint density at radius 2 is 1.44 bits per heavy atom. The number of rotatable bonds is 9. The Kier molecular flexibility index (Phi) is 9.31. The van der Waals surface area contributed by atoms with E-state index in [9.17, 15) is 14.4 Å². The molecule has 0 saturated heterocycles. The lowest BCUT2D eigenvalue weighted by Gasteiger charge is -2.31. The fraction of sp³-hybridized carbons (Fsp3) is 0.435. The van der Waals surface area contributed by atoms with Gasteiger partial charge in [-0.1, -0.05) is 15.9 Å². The molecule has 0 unspecified atom stereocenters. The van der Waals surface area contributed by atoms with Crippen molar-refractivity contribution < 1.29 is 33.3 Å². The molecular weight excluding hydrogens is 482 g/mol. The summed E-state index contributed by atoms with van der Waals surface area (Å²) in [6, 6.07) is 5.15. The Morgan fingerprint density at radius 3 is 1.94 bits per heavy atom. The number of carbonyl (C=O) groups is 3. The van der Waals surface area contributed by atoms with Crippen molar-refractivity contribution in [1.29, 1.82) is 0 Å². The van der Waals surface area contributed by atoms with E-state index >= 15 is 0 Å². The lowest BCUT2D eigenvalue weighted by molar-refractivity contribution is -0.145. The summed E-state index contributed by atoms with van der Waals surface area (Å²) in [5.41, 5.74) is 2.14. The third kappa shape index (κ3) is 5.91. The van der Waals surface area contributed by atoms with Crippen molar-refractivity contribution in [3.05, 3.63) is 50.8 Å². The fourth-order valence-electron chi connectivity index (χ4n) is 3.48. The van der Waals surface area contributed by atoms with Crippen LogP contribution in [0, 0.1) is 0 Å². The van der Waals surface area contributed by atoms with E-state index in [1.165, 1.54) is 0 Å². The predicted octanol–water partition coefficient (Wildman–Crippen LogP) is 3.75. The van der Waals surface area contributed by atoms with E-state index < -0.39 is 23.8 Å². The molecule has 0 fully saturated rings. The van der Waals surface area contributed by atoms with Crippen LogP contribution < -0.4 is 10.1 Å². The van der Waals surface area contributed by atoms with E-state index in [2.05, 4.69) is 21.2 Å². The molecule has 1 aromatic carbocycles. The van der Waals surface area contributed by atoms with Gasteiger partial charge in [0.15, 0.2) is 6.61 Å². The van der Waals surface area contributed by atoms with Crippen molar-refractivity contribution in [2.75, 3.05) is 26.4 Å². The summed E-state index contributed by atoms with van der Waals surface area (Å²) in [6.45, 7) is 8.85. The molecule has 1 aliphatic heterocycles. The second kappa shape index (κ2) is 11.7. The second-order valence-electron chi connectivity index (χ2n) is 6.85. The maximum absolute atomic E-state index is 13.0. The third-order valence-corrected chi connectivity index (χ3v) is 5.18. The van der Waals surface area contributed by atoms with E-state index in [1.807, 2.05) is 0 Å². The molecule has 0 aromatic heterocycles. The topological polar surface area (TPSA) is 100 Å². The number of hydrogen-bond acceptors (Lipinski definition) is 8. The number of carbonyl (C=O) groups excluding carboxylic acids is 3. The van der Waals surface area contributed by atoms with Gasteiger partial charge in [-0.15, -0.1) is 0 Å². The van der Waals surface area contributed by atoms with E-state index in [-0.39, 0.29) is 37.6 Å². The average Bonchev–Trinajstić information content (AvgIpc) is 2.72. The first-order valence-electron chi connectivity index (χ1n) is 10.4. The first-order valence-corrected chi connectivity index (χ1v) is 11.1. The highest BCUT2D eigenvalue weighted by Gasteiger charge is 2.39. The predicted molar refractivity (Wildman–Crippen MR) is 121 cm³/mol. The van der Waals surface area contributed by atoms with Gasteiger partial charge < -0.3 is 24.3 Å². The Bertz CT molecular complexity index is 912. The maximum Gasteiger partial charge on any atom is 0.344 e. The van der Waals surface area contributed by atoms with Crippen molar-refractivity contribution in [2.24, 2.45) is 0 Å². The molecule has 0 saturated carbocycles. The zero-order chi connectivity index (χ0) is 23.8. The van der Waals surface area contributed by atoms with Crippen LogP contribution in [0.4, 0.5) is 0 Å². The molecule has 8 nitrogen and oxygen atoms in total. The fourth-order valence-corrected chi connectivity index (χ4v) is 3.86. The first-order chi connectivity index (χ1) is 15.2. The van der Waals surface area contributed by atoms with Gasteiger partial charge in [-0.25, -0.2) is 14.4 Å². The van der Waals surface area contributed by atoms with Crippen LogP contribution in [0.5, 0.6) is 5.75 Å². The largest absolute Gasteiger partial charge is 0.482 e. The number of hydrogen-bond donors (Lipinski definition) is 1. The Balaban J connectivity index is 2.66. The summed E-state index contributed by atoms with van der Waals surface area (Å²) in [5, 5.41) is 3.09. The van der Waals surface area contributed by atoms with Gasteiger partial charge in [0.1, 0.15) is 5.75 Å².